The van der Waals surface area contributed by atoms with Gasteiger partial charge < -0.3 is 55.6 Å². The zero-order valence-electron chi connectivity index (χ0n) is 56.5. The fourth-order valence-corrected chi connectivity index (χ4v) is 15.9. The van der Waals surface area contributed by atoms with Crippen molar-refractivity contribution in [2.45, 2.75) is 273 Å². The van der Waals surface area contributed by atoms with Crippen molar-refractivity contribution in [3.63, 3.8) is 0 Å². The molecule has 27 heteroatoms. The van der Waals surface area contributed by atoms with E-state index in [9.17, 15) is 51.5 Å². The number of hydrogen-bond acceptors (Lipinski definition) is 11. The molecule has 4 aliphatic carbocycles. The van der Waals surface area contributed by atoms with Crippen molar-refractivity contribution in [3.05, 3.63) is 0 Å². The van der Waals surface area contributed by atoms with E-state index in [0.29, 0.717) is 57.8 Å². The molecular weight excluding hydrogens is 1230 g/mol. The molecule has 4 N–H and O–H groups in total. The Kier molecular flexibility index (Phi) is 25.5. The molecule has 22 nitrogen and oxygen atoms in total. The van der Waals surface area contributed by atoms with Crippen LogP contribution >= 0.6 is 11.6 Å². The van der Waals surface area contributed by atoms with Crippen molar-refractivity contribution < 1.29 is 70.3 Å². The molecule has 11 amide bonds. The standard InChI is InChI=1S/C66H104ClF4N11O11/c1-12-37(2)53-63(92)78(9)41(6)59(88)82-33-29-50(82)61(90)79(10)51(36-44-22-15-16-23-47(44)68)62(91)77(8)40(5)55(84)73-48(28-26-42-25-27-45(46(67)35-42)66(69,70)71)60(89)81-32-19-24-49(81)57(86)75-65(30-17-18-31-65)64(93)80(11)54(43-20-13-14-21-43)58(87)72-38(3)34-52(83)76(7)39(4)56(85)74-53/h37-51,53-54H,12-36H2,1-11H3,(H,72,87)(H,73,84)(H,74,85)(H,75,86)/t37-,38+,39-,40+,41-,42?,44?,45?,46?,47?,48-,49-,50-,51-,53-,54-/m0/s1. The Balaban J connectivity index is 1.23. The van der Waals surface area contributed by atoms with Gasteiger partial charge in [-0.2, -0.15) is 13.2 Å². The summed E-state index contributed by atoms with van der Waals surface area (Å²) in [5.41, 5.74) is -1.48. The van der Waals surface area contributed by atoms with Gasteiger partial charge in [0.25, 0.3) is 0 Å². The minimum Gasteiger partial charge on any atom is -0.351 e. The van der Waals surface area contributed by atoms with E-state index < -0.39 is 166 Å². The highest BCUT2D eigenvalue weighted by molar-refractivity contribution is 6.20. The van der Waals surface area contributed by atoms with Crippen LogP contribution in [0.1, 0.15) is 189 Å². The molecule has 3 saturated heterocycles. The largest absolute Gasteiger partial charge is 0.393 e. The molecule has 3 aliphatic heterocycles. The van der Waals surface area contributed by atoms with Crippen molar-refractivity contribution in [2.75, 3.05) is 48.3 Å². The first-order chi connectivity index (χ1) is 43.7. The molecule has 0 aromatic heterocycles. The van der Waals surface area contributed by atoms with E-state index in [-0.39, 0.29) is 102 Å². The SMILES string of the molecule is CC[C@H](C)[C@@H]1NC(=O)[C@H](C)N(C)C(=O)C[C@@H](C)NC(=O)[C@H](C2CCCC2)N(C)C(=O)C2(CCCC2)NC(=O)[C@@H]2CCCN2C(=O)[C@H](CCC2CCC(C(F)(F)F)C(Cl)C2)NC(=O)[C@@H](C)N(C)C(=O)[C@H](CC2CCCCC2F)N(C)C(=O)[C@@H]2CCN2C(=O)[C@H](C)N(C)C1=O. The van der Waals surface area contributed by atoms with Crippen molar-refractivity contribution >= 4 is 76.6 Å². The zero-order chi connectivity index (χ0) is 68.7. The van der Waals surface area contributed by atoms with Crippen LogP contribution in [-0.4, -0.2) is 231 Å². The van der Waals surface area contributed by atoms with Crippen molar-refractivity contribution in [3.8, 4) is 0 Å². The van der Waals surface area contributed by atoms with E-state index in [1.165, 1.54) is 85.4 Å². The second-order valence-electron chi connectivity index (χ2n) is 28.4. The van der Waals surface area contributed by atoms with Crippen molar-refractivity contribution in [1.82, 2.24) is 55.6 Å². The van der Waals surface area contributed by atoms with Crippen LogP contribution in [0.4, 0.5) is 17.6 Å². The second-order valence-corrected chi connectivity index (χ2v) is 28.9. The number of alkyl halides is 5. The molecule has 524 valence electrons. The monoisotopic (exact) mass is 1340 g/mol. The predicted molar refractivity (Wildman–Crippen MR) is 339 cm³/mol. The predicted octanol–water partition coefficient (Wildman–Crippen LogP) is 5.60. The van der Waals surface area contributed by atoms with E-state index in [2.05, 4.69) is 21.3 Å². The van der Waals surface area contributed by atoms with Gasteiger partial charge in [0, 0.05) is 66.2 Å². The maximum atomic E-state index is 15.8. The molecule has 16 atom stereocenters. The Morgan fingerprint density at radius 1 is 0.581 bits per heavy atom. The van der Waals surface area contributed by atoms with Gasteiger partial charge in [0.05, 0.1) is 5.92 Å². The van der Waals surface area contributed by atoms with Crippen LogP contribution < -0.4 is 21.3 Å². The highest BCUT2D eigenvalue weighted by Gasteiger charge is 2.52. The highest BCUT2D eigenvalue weighted by atomic mass is 35.5. The van der Waals surface area contributed by atoms with Gasteiger partial charge in [-0.1, -0.05) is 58.8 Å². The van der Waals surface area contributed by atoms with Gasteiger partial charge in [0.2, 0.25) is 65.0 Å². The van der Waals surface area contributed by atoms with Crippen LogP contribution in [0.25, 0.3) is 0 Å². The summed E-state index contributed by atoms with van der Waals surface area (Å²) in [4.78, 5) is 171. The maximum Gasteiger partial charge on any atom is 0.393 e. The van der Waals surface area contributed by atoms with E-state index in [1.807, 2.05) is 6.92 Å². The zero-order valence-corrected chi connectivity index (χ0v) is 57.3. The van der Waals surface area contributed by atoms with Gasteiger partial charge in [-0.15, -0.1) is 11.6 Å². The molecule has 1 spiro atoms. The lowest BCUT2D eigenvalue weighted by atomic mass is 9.78. The van der Waals surface area contributed by atoms with E-state index >= 15 is 18.8 Å². The van der Waals surface area contributed by atoms with Crippen LogP contribution in [0.15, 0.2) is 0 Å². The first kappa shape index (κ1) is 74.6. The Morgan fingerprint density at radius 2 is 1.18 bits per heavy atom. The fourth-order valence-electron chi connectivity index (χ4n) is 15.4. The molecule has 93 heavy (non-hydrogen) atoms. The number of fused-ring (bicyclic) bond motifs is 2. The second kappa shape index (κ2) is 31.8. The third-order valence-electron chi connectivity index (χ3n) is 22.3. The normalized spacial score (nSPS) is 34.5. The molecule has 5 unspecified atom stereocenters. The number of carbonyl (C=O) groups is 11. The first-order valence-corrected chi connectivity index (χ1v) is 34.7. The molecule has 7 aliphatic rings. The number of halogens is 5. The third kappa shape index (κ3) is 17.1. The number of rotatable bonds is 8. The summed E-state index contributed by atoms with van der Waals surface area (Å²) in [5.74, 6) is -10.3. The van der Waals surface area contributed by atoms with Gasteiger partial charge in [0.1, 0.15) is 66.1 Å². The van der Waals surface area contributed by atoms with Crippen LogP contribution in [0.3, 0.4) is 0 Å². The summed E-state index contributed by atoms with van der Waals surface area (Å²) in [6, 6.07) is -11.5. The average Bonchev–Trinajstić information content (AvgIpc) is 1.78. The number of nitrogens with zero attached hydrogens (tertiary/aromatic N) is 7. The Hall–Kier alpha value is -5.82. The maximum absolute atomic E-state index is 15.8. The molecule has 7 rings (SSSR count). The lowest BCUT2D eigenvalue weighted by molar-refractivity contribution is -0.182. The summed E-state index contributed by atoms with van der Waals surface area (Å²) in [5, 5.41) is 10.4. The molecule has 0 aromatic carbocycles. The number of nitrogens with one attached hydrogen (secondary N) is 4. The van der Waals surface area contributed by atoms with Crippen LogP contribution in [-0.2, 0) is 52.7 Å². The minimum absolute atomic E-state index is 0.0109. The van der Waals surface area contributed by atoms with E-state index in [4.69, 9.17) is 11.6 Å². The van der Waals surface area contributed by atoms with Crippen molar-refractivity contribution in [2.24, 2.45) is 29.6 Å². The summed E-state index contributed by atoms with van der Waals surface area (Å²) in [7, 11) is 7.12. The van der Waals surface area contributed by atoms with E-state index in [1.54, 1.807) is 13.8 Å². The summed E-state index contributed by atoms with van der Waals surface area (Å²) in [6.45, 7) is 9.84. The quantitative estimate of drug-likeness (QED) is 0.172. The van der Waals surface area contributed by atoms with E-state index in [0.717, 1.165) is 17.7 Å². The molecule has 0 bridgehead atoms. The highest BCUT2D eigenvalue weighted by Crippen LogP contribution is 2.44. The number of carbonyl (C=O) groups excluding carboxylic acids is 11. The smallest absolute Gasteiger partial charge is 0.351 e. The fraction of sp³-hybridized carbons (Fsp3) is 0.833. The first-order valence-electron chi connectivity index (χ1n) is 34.3. The minimum atomic E-state index is -4.51. The third-order valence-corrected chi connectivity index (χ3v) is 22.8. The van der Waals surface area contributed by atoms with Crippen molar-refractivity contribution in [1.29, 1.82) is 0 Å². The molecule has 3 heterocycles. The summed E-state index contributed by atoms with van der Waals surface area (Å²) >= 11 is 6.39. The molecule has 4 saturated carbocycles. The van der Waals surface area contributed by atoms with Gasteiger partial charge in [0.15, 0.2) is 0 Å². The Labute approximate surface area is 551 Å². The molecule has 0 aromatic rings. The van der Waals surface area contributed by atoms with Crippen LogP contribution in [0, 0.1) is 29.6 Å². The summed E-state index contributed by atoms with van der Waals surface area (Å²) < 4.78 is 57.8. The van der Waals surface area contributed by atoms with Gasteiger partial charge >= 0.3 is 6.18 Å². The van der Waals surface area contributed by atoms with Crippen LogP contribution in [0.2, 0.25) is 0 Å². The molecule has 7 fully saturated rings. The molecular formula is C66H104ClF4N11O11. The van der Waals surface area contributed by atoms with Crippen LogP contribution in [0.5, 0.6) is 0 Å². The Bertz CT molecular complexity index is 2740. The summed E-state index contributed by atoms with van der Waals surface area (Å²) in [6.07, 6.45) is 1.34. The average molecular weight is 1340 g/mol. The Morgan fingerprint density at radius 3 is 1.78 bits per heavy atom. The topological polar surface area (TPSA) is 259 Å². The lowest BCUT2D eigenvalue weighted by Crippen LogP contribution is -2.65. The number of likely N-dealkylation sites (N-methyl/N-ethyl adjacent to an activating group) is 5. The number of amides is 11. The van der Waals surface area contributed by atoms with Gasteiger partial charge in [-0.25, -0.2) is 4.39 Å². The lowest BCUT2D eigenvalue weighted by Gasteiger charge is -2.45. The molecule has 0 radical (unpaired) electrons. The van der Waals surface area contributed by atoms with Gasteiger partial charge in [-0.3, -0.25) is 52.7 Å². The van der Waals surface area contributed by atoms with Gasteiger partial charge in [-0.05, 0) is 148 Å². The number of hydrogen-bond donors (Lipinski definition) is 4.